The second kappa shape index (κ2) is 6.96. The van der Waals surface area contributed by atoms with Crippen molar-refractivity contribution in [3.63, 3.8) is 0 Å². The molecule has 17 heavy (non-hydrogen) atoms. The van der Waals surface area contributed by atoms with Crippen LogP contribution in [0.4, 0.5) is 0 Å². The molecule has 1 rings (SSSR count). The number of amides is 1. The average molecular weight is 307 g/mol. The van der Waals surface area contributed by atoms with Gasteiger partial charge in [0.15, 0.2) is 0 Å². The summed E-state index contributed by atoms with van der Waals surface area (Å²) in [4.78, 5) is 24.6. The van der Waals surface area contributed by atoms with Gasteiger partial charge in [-0.1, -0.05) is 15.9 Å². The molecule has 1 aliphatic heterocycles. The molecule has 0 spiro atoms. The molecule has 98 valence electrons. The molecule has 1 heterocycles. The molecule has 1 amide bonds. The minimum Gasteiger partial charge on any atom is -0.468 e. The molecule has 0 saturated carbocycles. The highest BCUT2D eigenvalue weighted by Gasteiger charge is 2.26. The van der Waals surface area contributed by atoms with E-state index >= 15 is 0 Å². The van der Waals surface area contributed by atoms with Crippen LogP contribution in [-0.4, -0.2) is 55.4 Å². The smallest absolute Gasteiger partial charge is 0.320 e. The Morgan fingerprint density at radius 1 is 1.47 bits per heavy atom. The van der Waals surface area contributed by atoms with Gasteiger partial charge in [0.05, 0.1) is 7.11 Å². The molecular weight excluding hydrogens is 288 g/mol. The van der Waals surface area contributed by atoms with Gasteiger partial charge in [-0.25, -0.2) is 0 Å². The van der Waals surface area contributed by atoms with Crippen LogP contribution in [0.25, 0.3) is 0 Å². The van der Waals surface area contributed by atoms with Gasteiger partial charge in [0.2, 0.25) is 5.91 Å². The molecule has 6 heteroatoms. The molecule has 0 bridgehead atoms. The minimum atomic E-state index is -0.288. The summed E-state index contributed by atoms with van der Waals surface area (Å²) in [5.41, 5.74) is 0. The van der Waals surface area contributed by atoms with Gasteiger partial charge in [0, 0.05) is 19.5 Å². The van der Waals surface area contributed by atoms with Crippen LogP contribution in [0, 0.1) is 5.92 Å². The number of halogens is 1. The zero-order valence-corrected chi connectivity index (χ0v) is 11.8. The monoisotopic (exact) mass is 306 g/mol. The first-order chi connectivity index (χ1) is 8.08. The van der Waals surface area contributed by atoms with E-state index in [0.717, 1.165) is 25.9 Å². The average Bonchev–Trinajstić information content (AvgIpc) is 2.37. The highest BCUT2D eigenvalue weighted by molar-refractivity contribution is 9.10. The van der Waals surface area contributed by atoms with Crippen molar-refractivity contribution in [2.45, 2.75) is 17.7 Å². The van der Waals surface area contributed by atoms with Gasteiger partial charge >= 0.3 is 5.97 Å². The van der Waals surface area contributed by atoms with Crippen LogP contribution in [0.3, 0.4) is 0 Å². The summed E-state index contributed by atoms with van der Waals surface area (Å²) in [5.74, 6) is -0.0189. The van der Waals surface area contributed by atoms with Gasteiger partial charge < -0.3 is 15.0 Å². The van der Waals surface area contributed by atoms with E-state index in [1.807, 2.05) is 0 Å². The van der Waals surface area contributed by atoms with Crippen molar-refractivity contribution in [2.75, 3.05) is 33.8 Å². The predicted octanol–water partition coefficient (Wildman–Crippen LogP) is 0.381. The Hall–Kier alpha value is -0.620. The molecule has 1 aliphatic rings. The SMILES string of the molecule is CNC(=O)C1CCN(CC(Br)C(=O)OC)CC1. The van der Waals surface area contributed by atoms with Gasteiger partial charge in [-0.05, 0) is 25.9 Å². The highest BCUT2D eigenvalue weighted by Crippen LogP contribution is 2.18. The van der Waals surface area contributed by atoms with Crippen molar-refractivity contribution >= 4 is 27.8 Å². The molecule has 0 aromatic heterocycles. The lowest BCUT2D eigenvalue weighted by Gasteiger charge is -2.31. The minimum absolute atomic E-state index is 0.114. The van der Waals surface area contributed by atoms with Crippen LogP contribution in [0.1, 0.15) is 12.8 Å². The largest absolute Gasteiger partial charge is 0.468 e. The van der Waals surface area contributed by atoms with Crippen molar-refractivity contribution in [1.29, 1.82) is 0 Å². The van der Waals surface area contributed by atoms with Crippen molar-refractivity contribution in [2.24, 2.45) is 5.92 Å². The first-order valence-corrected chi connectivity index (χ1v) is 6.66. The van der Waals surface area contributed by atoms with Crippen LogP contribution in [0.5, 0.6) is 0 Å². The Morgan fingerprint density at radius 2 is 2.06 bits per heavy atom. The fourth-order valence-corrected chi connectivity index (χ4v) is 2.61. The normalized spacial score (nSPS) is 19.7. The van der Waals surface area contributed by atoms with E-state index in [4.69, 9.17) is 0 Å². The van der Waals surface area contributed by atoms with E-state index in [1.54, 1.807) is 7.05 Å². The number of piperidine rings is 1. The summed E-state index contributed by atoms with van der Waals surface area (Å²) in [7, 11) is 3.05. The number of ether oxygens (including phenoxy) is 1. The van der Waals surface area contributed by atoms with Crippen molar-refractivity contribution in [1.82, 2.24) is 10.2 Å². The van der Waals surface area contributed by atoms with Gasteiger partial charge in [0.1, 0.15) is 4.83 Å². The third-order valence-corrected chi connectivity index (χ3v) is 3.74. The number of hydrogen-bond donors (Lipinski definition) is 1. The molecule has 1 unspecified atom stereocenters. The number of carbonyl (C=O) groups is 2. The van der Waals surface area contributed by atoms with E-state index in [9.17, 15) is 9.59 Å². The number of alkyl halides is 1. The van der Waals surface area contributed by atoms with Gasteiger partial charge in [0.25, 0.3) is 0 Å². The van der Waals surface area contributed by atoms with Crippen molar-refractivity contribution in [3.05, 3.63) is 0 Å². The number of hydrogen-bond acceptors (Lipinski definition) is 4. The van der Waals surface area contributed by atoms with E-state index in [2.05, 4.69) is 30.9 Å². The van der Waals surface area contributed by atoms with Crippen LogP contribution in [0.2, 0.25) is 0 Å². The maximum atomic E-state index is 11.4. The maximum Gasteiger partial charge on any atom is 0.320 e. The Morgan fingerprint density at radius 3 is 2.53 bits per heavy atom. The first kappa shape index (κ1) is 14.4. The quantitative estimate of drug-likeness (QED) is 0.603. The van der Waals surface area contributed by atoms with Crippen molar-refractivity contribution in [3.8, 4) is 0 Å². The molecule has 0 aromatic carbocycles. The second-order valence-corrected chi connectivity index (χ2v) is 5.29. The number of nitrogens with one attached hydrogen (secondary N) is 1. The summed E-state index contributed by atoms with van der Waals surface area (Å²) in [6, 6.07) is 0. The molecule has 1 saturated heterocycles. The number of carbonyl (C=O) groups excluding carboxylic acids is 2. The standard InChI is InChI=1S/C11H19BrN2O3/c1-13-10(15)8-3-5-14(6-4-8)7-9(12)11(16)17-2/h8-9H,3-7H2,1-2H3,(H,13,15). The lowest BCUT2D eigenvalue weighted by Crippen LogP contribution is -2.42. The van der Waals surface area contributed by atoms with Gasteiger partial charge in [-0.2, -0.15) is 0 Å². The molecule has 0 radical (unpaired) electrons. The Bertz CT molecular complexity index is 278. The fraction of sp³-hybridized carbons (Fsp3) is 0.818. The summed E-state index contributed by atoms with van der Waals surface area (Å²) >= 11 is 3.30. The molecule has 0 aliphatic carbocycles. The lowest BCUT2D eigenvalue weighted by molar-refractivity contribution is -0.140. The Kier molecular flexibility index (Phi) is 5.91. The summed E-state index contributed by atoms with van der Waals surface area (Å²) in [6.45, 7) is 2.32. The number of esters is 1. The zero-order valence-electron chi connectivity index (χ0n) is 10.2. The predicted molar refractivity (Wildman–Crippen MR) is 68.0 cm³/mol. The van der Waals surface area contributed by atoms with Crippen LogP contribution in [0.15, 0.2) is 0 Å². The molecule has 1 N–H and O–H groups in total. The van der Waals surface area contributed by atoms with Gasteiger partial charge in [-0.3, -0.25) is 9.59 Å². The molecule has 1 fully saturated rings. The van der Waals surface area contributed by atoms with Crippen LogP contribution >= 0.6 is 15.9 Å². The zero-order chi connectivity index (χ0) is 12.8. The molecule has 5 nitrogen and oxygen atoms in total. The first-order valence-electron chi connectivity index (χ1n) is 5.74. The third kappa shape index (κ3) is 4.27. The topological polar surface area (TPSA) is 58.6 Å². The van der Waals surface area contributed by atoms with E-state index < -0.39 is 0 Å². The van der Waals surface area contributed by atoms with Crippen LogP contribution < -0.4 is 5.32 Å². The second-order valence-electron chi connectivity index (χ2n) is 4.18. The van der Waals surface area contributed by atoms with Gasteiger partial charge in [-0.15, -0.1) is 0 Å². The number of nitrogens with zero attached hydrogens (tertiary/aromatic N) is 1. The maximum absolute atomic E-state index is 11.4. The molecule has 0 aromatic rings. The van der Waals surface area contributed by atoms with Crippen molar-refractivity contribution < 1.29 is 14.3 Å². The number of likely N-dealkylation sites (tertiary alicyclic amines) is 1. The molecular formula is C11H19BrN2O3. The van der Waals surface area contributed by atoms with E-state index in [0.29, 0.717) is 6.54 Å². The molecule has 1 atom stereocenters. The summed E-state index contributed by atoms with van der Waals surface area (Å²) in [5, 5.41) is 2.68. The van der Waals surface area contributed by atoms with E-state index in [1.165, 1.54) is 7.11 Å². The lowest BCUT2D eigenvalue weighted by atomic mass is 9.96. The number of methoxy groups -OCH3 is 1. The summed E-state index contributed by atoms with van der Waals surface area (Å²) in [6.07, 6.45) is 1.70. The third-order valence-electron chi connectivity index (χ3n) is 3.08. The van der Waals surface area contributed by atoms with Crippen LogP contribution in [-0.2, 0) is 14.3 Å². The Labute approximate surface area is 110 Å². The summed E-state index contributed by atoms with van der Waals surface area (Å²) < 4.78 is 4.65. The number of rotatable bonds is 4. The fourth-order valence-electron chi connectivity index (χ4n) is 2.01. The van der Waals surface area contributed by atoms with E-state index in [-0.39, 0.29) is 22.6 Å². The highest BCUT2D eigenvalue weighted by atomic mass is 79.9. The Balaban J connectivity index is 2.32.